The van der Waals surface area contributed by atoms with Gasteiger partial charge in [0.15, 0.2) is 0 Å². The Bertz CT molecular complexity index is 324. The van der Waals surface area contributed by atoms with E-state index in [1.807, 2.05) is 36.4 Å². The van der Waals surface area contributed by atoms with Crippen LogP contribution in [-0.4, -0.2) is 9.26 Å². The number of hydrogen-bond acceptors (Lipinski definition) is 2. The second-order valence-corrected chi connectivity index (χ2v) is 3.91. The normalized spacial score (nSPS) is 20.8. The SMILES string of the molecule is ON1c2ccccc2C=CC1I. The molecule has 1 atom stereocenters. The van der Waals surface area contributed by atoms with Crippen LogP contribution in [0.3, 0.4) is 0 Å². The lowest BCUT2D eigenvalue weighted by molar-refractivity contribution is 0.260. The van der Waals surface area contributed by atoms with Crippen LogP contribution in [-0.2, 0) is 0 Å². The van der Waals surface area contributed by atoms with Gasteiger partial charge in [-0.15, -0.1) is 0 Å². The highest BCUT2D eigenvalue weighted by atomic mass is 127. The highest BCUT2D eigenvalue weighted by Gasteiger charge is 2.16. The molecular weight excluding hydrogens is 265 g/mol. The van der Waals surface area contributed by atoms with E-state index >= 15 is 0 Å². The lowest BCUT2D eigenvalue weighted by Crippen LogP contribution is -2.27. The molecule has 0 radical (unpaired) electrons. The van der Waals surface area contributed by atoms with Crippen LogP contribution in [0.15, 0.2) is 30.3 Å². The Kier molecular flexibility index (Phi) is 2.06. The van der Waals surface area contributed by atoms with Gasteiger partial charge in [-0.2, -0.15) is 0 Å². The van der Waals surface area contributed by atoms with Crippen LogP contribution in [0.5, 0.6) is 0 Å². The summed E-state index contributed by atoms with van der Waals surface area (Å²) in [6, 6.07) is 7.77. The maximum absolute atomic E-state index is 9.60. The zero-order valence-corrected chi connectivity index (χ0v) is 8.47. The largest absolute Gasteiger partial charge is 0.287 e. The second kappa shape index (κ2) is 3.06. The summed E-state index contributed by atoms with van der Waals surface area (Å²) in [6.07, 6.45) is 3.99. The molecule has 0 fully saturated rings. The first-order chi connectivity index (χ1) is 5.79. The third-order valence-electron chi connectivity index (χ3n) is 1.85. The lowest BCUT2D eigenvalue weighted by atomic mass is 10.1. The first-order valence-electron chi connectivity index (χ1n) is 3.68. The molecule has 1 aromatic rings. The van der Waals surface area contributed by atoms with E-state index in [4.69, 9.17) is 0 Å². The average molecular weight is 273 g/mol. The summed E-state index contributed by atoms with van der Waals surface area (Å²) >= 11 is 2.17. The summed E-state index contributed by atoms with van der Waals surface area (Å²) in [6.45, 7) is 0. The Balaban J connectivity index is 2.52. The number of nitrogens with zero attached hydrogens (tertiary/aromatic N) is 1. The maximum atomic E-state index is 9.60. The summed E-state index contributed by atoms with van der Waals surface area (Å²) in [5.74, 6) is 0. The van der Waals surface area contributed by atoms with Gasteiger partial charge in [0.25, 0.3) is 0 Å². The Morgan fingerprint density at radius 1 is 1.33 bits per heavy atom. The number of alkyl halides is 1. The lowest BCUT2D eigenvalue weighted by Gasteiger charge is -2.25. The first-order valence-corrected chi connectivity index (χ1v) is 4.93. The molecule has 0 saturated heterocycles. The van der Waals surface area contributed by atoms with Crippen molar-refractivity contribution in [3.8, 4) is 0 Å². The molecule has 1 heterocycles. The molecule has 1 N–H and O–H groups in total. The van der Waals surface area contributed by atoms with E-state index in [0.29, 0.717) is 0 Å². The van der Waals surface area contributed by atoms with Crippen LogP contribution >= 0.6 is 22.6 Å². The number of hydroxylamine groups is 1. The number of benzene rings is 1. The third-order valence-corrected chi connectivity index (χ3v) is 2.79. The Hall–Kier alpha value is -0.550. The van der Waals surface area contributed by atoms with E-state index in [2.05, 4.69) is 22.6 Å². The molecule has 0 bridgehead atoms. The van der Waals surface area contributed by atoms with Crippen molar-refractivity contribution in [2.24, 2.45) is 0 Å². The summed E-state index contributed by atoms with van der Waals surface area (Å²) in [5, 5.41) is 10.9. The quantitative estimate of drug-likeness (QED) is 0.446. The fraction of sp³-hybridized carbons (Fsp3) is 0.111. The smallest absolute Gasteiger partial charge is 0.126 e. The highest BCUT2D eigenvalue weighted by molar-refractivity contribution is 14.1. The number of halogens is 1. The van der Waals surface area contributed by atoms with Crippen LogP contribution in [0.1, 0.15) is 5.56 Å². The summed E-state index contributed by atoms with van der Waals surface area (Å²) in [7, 11) is 0. The van der Waals surface area contributed by atoms with Crippen molar-refractivity contribution in [1.29, 1.82) is 0 Å². The predicted octanol–water partition coefficient (Wildman–Crippen LogP) is 2.67. The minimum absolute atomic E-state index is 0.0394. The molecule has 0 aliphatic carbocycles. The summed E-state index contributed by atoms with van der Waals surface area (Å²) in [4.78, 5) is 0. The van der Waals surface area contributed by atoms with Crippen molar-refractivity contribution in [3.05, 3.63) is 35.9 Å². The van der Waals surface area contributed by atoms with Crippen molar-refractivity contribution in [1.82, 2.24) is 0 Å². The fourth-order valence-electron chi connectivity index (χ4n) is 1.23. The van der Waals surface area contributed by atoms with E-state index < -0.39 is 0 Å². The monoisotopic (exact) mass is 273 g/mol. The van der Waals surface area contributed by atoms with Crippen LogP contribution in [0.4, 0.5) is 5.69 Å². The minimum atomic E-state index is 0.0394. The van der Waals surface area contributed by atoms with E-state index in [1.54, 1.807) is 0 Å². The van der Waals surface area contributed by atoms with E-state index in [1.165, 1.54) is 5.06 Å². The van der Waals surface area contributed by atoms with Crippen LogP contribution < -0.4 is 5.06 Å². The highest BCUT2D eigenvalue weighted by Crippen LogP contribution is 2.29. The molecule has 2 nitrogen and oxygen atoms in total. The van der Waals surface area contributed by atoms with Crippen molar-refractivity contribution in [2.75, 3.05) is 5.06 Å². The van der Waals surface area contributed by atoms with Gasteiger partial charge in [0.2, 0.25) is 0 Å². The number of rotatable bonds is 0. The molecule has 1 unspecified atom stereocenters. The van der Waals surface area contributed by atoms with Gasteiger partial charge in [0.1, 0.15) is 4.05 Å². The van der Waals surface area contributed by atoms with Gasteiger partial charge >= 0.3 is 0 Å². The van der Waals surface area contributed by atoms with Gasteiger partial charge < -0.3 is 0 Å². The van der Waals surface area contributed by atoms with Crippen molar-refractivity contribution >= 4 is 34.4 Å². The molecule has 0 aromatic heterocycles. The molecule has 0 spiro atoms. The van der Waals surface area contributed by atoms with Gasteiger partial charge in [-0.05, 0) is 17.7 Å². The maximum Gasteiger partial charge on any atom is 0.126 e. The first kappa shape index (κ1) is 8.07. The van der Waals surface area contributed by atoms with Crippen LogP contribution in [0.2, 0.25) is 0 Å². The molecule has 3 heteroatoms. The average Bonchev–Trinajstić information content (AvgIpc) is 2.12. The molecule has 1 aliphatic heterocycles. The third kappa shape index (κ3) is 1.23. The Morgan fingerprint density at radius 2 is 2.08 bits per heavy atom. The molecule has 62 valence electrons. The van der Waals surface area contributed by atoms with Crippen molar-refractivity contribution in [2.45, 2.75) is 4.05 Å². The molecule has 2 rings (SSSR count). The van der Waals surface area contributed by atoms with Crippen molar-refractivity contribution < 1.29 is 5.21 Å². The van der Waals surface area contributed by atoms with E-state index in [9.17, 15) is 5.21 Å². The second-order valence-electron chi connectivity index (χ2n) is 2.64. The predicted molar refractivity (Wildman–Crippen MR) is 57.5 cm³/mol. The van der Waals surface area contributed by atoms with Gasteiger partial charge in [0.05, 0.1) is 5.69 Å². The van der Waals surface area contributed by atoms with Crippen molar-refractivity contribution in [3.63, 3.8) is 0 Å². The minimum Gasteiger partial charge on any atom is -0.287 e. The van der Waals surface area contributed by atoms with E-state index in [-0.39, 0.29) is 4.05 Å². The topological polar surface area (TPSA) is 23.5 Å². The van der Waals surface area contributed by atoms with Crippen LogP contribution in [0, 0.1) is 0 Å². The number of para-hydroxylation sites is 1. The summed E-state index contributed by atoms with van der Waals surface area (Å²) < 4.78 is 0.0394. The molecule has 0 saturated carbocycles. The Morgan fingerprint density at radius 3 is 2.92 bits per heavy atom. The fourth-order valence-corrected chi connectivity index (χ4v) is 1.74. The van der Waals surface area contributed by atoms with Crippen LogP contribution in [0.25, 0.3) is 6.08 Å². The van der Waals surface area contributed by atoms with E-state index in [0.717, 1.165) is 11.3 Å². The molecule has 1 aromatic carbocycles. The molecule has 12 heavy (non-hydrogen) atoms. The standard InChI is InChI=1S/C9H8INO/c10-9-6-5-7-3-1-2-4-8(7)11(9)12/h1-6,9,12H. The van der Waals surface area contributed by atoms with Gasteiger partial charge in [0, 0.05) is 0 Å². The summed E-state index contributed by atoms with van der Waals surface area (Å²) in [5.41, 5.74) is 1.94. The zero-order valence-electron chi connectivity index (χ0n) is 6.31. The molecule has 0 amide bonds. The Labute approximate surface area is 84.6 Å². The van der Waals surface area contributed by atoms with Gasteiger partial charge in [-0.3, -0.25) is 5.21 Å². The number of fused-ring (bicyclic) bond motifs is 1. The molecular formula is C9H8INO. The zero-order chi connectivity index (χ0) is 8.55. The number of hydrogen-bond donors (Lipinski definition) is 1. The van der Waals surface area contributed by atoms with Gasteiger partial charge in [-0.25, -0.2) is 5.06 Å². The molecule has 1 aliphatic rings. The van der Waals surface area contributed by atoms with Gasteiger partial charge in [-0.1, -0.05) is 46.9 Å². The number of anilines is 1.